The summed E-state index contributed by atoms with van der Waals surface area (Å²) >= 11 is 0. The summed E-state index contributed by atoms with van der Waals surface area (Å²) in [6, 6.07) is 2.40. The van der Waals surface area contributed by atoms with Gasteiger partial charge in [0.2, 0.25) is 0 Å². The monoisotopic (exact) mass is 232 g/mol. The molecule has 1 aliphatic rings. The summed E-state index contributed by atoms with van der Waals surface area (Å²) in [5.74, 6) is 0. The zero-order chi connectivity index (χ0) is 11.8. The van der Waals surface area contributed by atoms with Crippen LogP contribution in [0, 0.1) is 0 Å². The lowest BCUT2D eigenvalue weighted by molar-refractivity contribution is 0.324. The molecule has 1 saturated carbocycles. The summed E-state index contributed by atoms with van der Waals surface area (Å²) in [5, 5.41) is 0. The van der Waals surface area contributed by atoms with Crippen molar-refractivity contribution in [3.8, 4) is 0 Å². The number of hydrogen-bond donors (Lipinski definition) is 2. The summed E-state index contributed by atoms with van der Waals surface area (Å²) in [5.41, 5.74) is 7.62. The van der Waals surface area contributed by atoms with Crippen LogP contribution in [0.4, 0.5) is 0 Å². The number of imidazole rings is 1. The molecule has 0 aromatic carbocycles. The van der Waals surface area contributed by atoms with E-state index >= 15 is 0 Å². The fourth-order valence-corrected chi connectivity index (χ4v) is 2.69. The van der Waals surface area contributed by atoms with Gasteiger partial charge >= 0.3 is 5.69 Å². The molecule has 2 aromatic heterocycles. The topological polar surface area (TPSA) is 76.7 Å². The maximum absolute atomic E-state index is 12.0. The second-order valence-corrected chi connectivity index (χ2v) is 4.76. The molecule has 0 radical (unpaired) electrons. The lowest BCUT2D eigenvalue weighted by Crippen LogP contribution is -2.31. The fourth-order valence-electron chi connectivity index (χ4n) is 2.69. The second-order valence-electron chi connectivity index (χ2n) is 4.76. The van der Waals surface area contributed by atoms with Gasteiger partial charge in [-0.2, -0.15) is 0 Å². The Labute approximate surface area is 98.7 Å². The molecule has 90 valence electrons. The number of aromatic amines is 1. The minimum Gasteiger partial charge on any atom is -0.328 e. The van der Waals surface area contributed by atoms with Crippen LogP contribution in [-0.4, -0.2) is 20.6 Å². The smallest absolute Gasteiger partial charge is 0.326 e. The standard InChI is InChI=1S/C12H16N4O/c13-8-1-3-9(4-2-8)16-11-7-14-6-5-10(11)15-12(16)17/h5-9H,1-4,13H2,(H,15,17). The molecule has 17 heavy (non-hydrogen) atoms. The van der Waals surface area contributed by atoms with Crippen molar-refractivity contribution >= 4 is 11.0 Å². The first-order valence-corrected chi connectivity index (χ1v) is 6.05. The highest BCUT2D eigenvalue weighted by Crippen LogP contribution is 2.28. The van der Waals surface area contributed by atoms with Crippen LogP contribution in [0.15, 0.2) is 23.3 Å². The highest BCUT2D eigenvalue weighted by molar-refractivity contribution is 5.73. The van der Waals surface area contributed by atoms with Gasteiger partial charge in [0.05, 0.1) is 17.2 Å². The Morgan fingerprint density at radius 1 is 1.35 bits per heavy atom. The predicted octanol–water partition coefficient (Wildman–Crippen LogP) is 1.17. The minimum atomic E-state index is -0.0338. The summed E-state index contributed by atoms with van der Waals surface area (Å²) in [7, 11) is 0. The average Bonchev–Trinajstić information content (AvgIpc) is 2.66. The Kier molecular flexibility index (Phi) is 2.48. The Morgan fingerprint density at radius 2 is 2.12 bits per heavy atom. The van der Waals surface area contributed by atoms with Crippen molar-refractivity contribution in [2.45, 2.75) is 37.8 Å². The van der Waals surface area contributed by atoms with Gasteiger partial charge in [-0.25, -0.2) is 4.79 Å². The van der Waals surface area contributed by atoms with Gasteiger partial charge in [0.25, 0.3) is 0 Å². The first-order chi connectivity index (χ1) is 8.25. The van der Waals surface area contributed by atoms with Gasteiger partial charge in [-0.3, -0.25) is 9.55 Å². The number of pyridine rings is 1. The molecule has 5 nitrogen and oxygen atoms in total. The molecule has 2 aromatic rings. The van der Waals surface area contributed by atoms with Crippen LogP contribution in [-0.2, 0) is 0 Å². The van der Waals surface area contributed by atoms with Crippen molar-refractivity contribution in [1.82, 2.24) is 14.5 Å². The lowest BCUT2D eigenvalue weighted by Gasteiger charge is -2.26. The molecule has 0 bridgehead atoms. The van der Waals surface area contributed by atoms with E-state index in [1.165, 1.54) is 0 Å². The first-order valence-electron chi connectivity index (χ1n) is 6.05. The Balaban J connectivity index is 2.05. The van der Waals surface area contributed by atoms with E-state index in [-0.39, 0.29) is 11.7 Å². The summed E-state index contributed by atoms with van der Waals surface area (Å²) < 4.78 is 1.84. The largest absolute Gasteiger partial charge is 0.328 e. The van der Waals surface area contributed by atoms with Crippen molar-refractivity contribution in [2.75, 3.05) is 0 Å². The third-order valence-electron chi connectivity index (χ3n) is 3.63. The van der Waals surface area contributed by atoms with E-state index in [9.17, 15) is 4.79 Å². The molecule has 3 rings (SSSR count). The lowest BCUT2D eigenvalue weighted by atomic mass is 9.91. The van der Waals surface area contributed by atoms with E-state index in [0.717, 1.165) is 36.7 Å². The number of fused-ring (bicyclic) bond motifs is 1. The number of aromatic nitrogens is 3. The SMILES string of the molecule is NC1CCC(n2c(=O)[nH]c3ccncc32)CC1. The molecule has 2 heterocycles. The predicted molar refractivity (Wildman–Crippen MR) is 65.8 cm³/mol. The van der Waals surface area contributed by atoms with E-state index in [4.69, 9.17) is 5.73 Å². The molecule has 1 aliphatic carbocycles. The van der Waals surface area contributed by atoms with Crippen LogP contribution in [0.5, 0.6) is 0 Å². The van der Waals surface area contributed by atoms with E-state index in [0.29, 0.717) is 6.04 Å². The number of H-pyrrole nitrogens is 1. The van der Waals surface area contributed by atoms with Crippen molar-refractivity contribution in [3.05, 3.63) is 28.9 Å². The Morgan fingerprint density at radius 3 is 2.88 bits per heavy atom. The zero-order valence-electron chi connectivity index (χ0n) is 9.60. The fraction of sp³-hybridized carbons (Fsp3) is 0.500. The molecular formula is C12H16N4O. The van der Waals surface area contributed by atoms with Crippen molar-refractivity contribution < 1.29 is 0 Å². The van der Waals surface area contributed by atoms with Crippen LogP contribution in [0.2, 0.25) is 0 Å². The maximum atomic E-state index is 12.0. The van der Waals surface area contributed by atoms with E-state index in [1.54, 1.807) is 12.4 Å². The quantitative estimate of drug-likeness (QED) is 0.774. The molecule has 3 N–H and O–H groups in total. The van der Waals surface area contributed by atoms with Crippen molar-refractivity contribution in [2.24, 2.45) is 5.73 Å². The third kappa shape index (κ3) is 1.76. The van der Waals surface area contributed by atoms with Crippen molar-refractivity contribution in [1.29, 1.82) is 0 Å². The van der Waals surface area contributed by atoms with Crippen LogP contribution < -0.4 is 11.4 Å². The van der Waals surface area contributed by atoms with Crippen molar-refractivity contribution in [3.63, 3.8) is 0 Å². The maximum Gasteiger partial charge on any atom is 0.326 e. The zero-order valence-corrected chi connectivity index (χ0v) is 9.60. The summed E-state index contributed by atoms with van der Waals surface area (Å²) in [6.07, 6.45) is 7.38. The number of nitrogens with zero attached hydrogens (tertiary/aromatic N) is 2. The molecule has 0 spiro atoms. The molecule has 0 aliphatic heterocycles. The number of hydrogen-bond acceptors (Lipinski definition) is 3. The highest BCUT2D eigenvalue weighted by Gasteiger charge is 2.22. The molecule has 0 unspecified atom stereocenters. The molecule has 0 amide bonds. The molecule has 0 atom stereocenters. The van der Waals surface area contributed by atoms with Crippen LogP contribution in [0.1, 0.15) is 31.7 Å². The van der Waals surface area contributed by atoms with Crippen LogP contribution >= 0.6 is 0 Å². The normalized spacial score (nSPS) is 25.2. The van der Waals surface area contributed by atoms with Gasteiger partial charge in [-0.05, 0) is 31.7 Å². The summed E-state index contributed by atoms with van der Waals surface area (Å²) in [4.78, 5) is 18.9. The third-order valence-corrected chi connectivity index (χ3v) is 3.63. The van der Waals surface area contributed by atoms with Crippen LogP contribution in [0.3, 0.4) is 0 Å². The van der Waals surface area contributed by atoms with Gasteiger partial charge in [0.1, 0.15) is 0 Å². The van der Waals surface area contributed by atoms with Crippen LogP contribution in [0.25, 0.3) is 11.0 Å². The number of nitrogens with two attached hydrogens (primary N) is 1. The van der Waals surface area contributed by atoms with E-state index < -0.39 is 0 Å². The van der Waals surface area contributed by atoms with Gasteiger partial charge in [-0.1, -0.05) is 0 Å². The molecule has 0 saturated heterocycles. The molecular weight excluding hydrogens is 216 g/mol. The molecule has 5 heteroatoms. The van der Waals surface area contributed by atoms with Gasteiger partial charge in [0, 0.05) is 18.3 Å². The first kappa shape index (κ1) is 10.5. The Hall–Kier alpha value is -1.62. The summed E-state index contributed by atoms with van der Waals surface area (Å²) in [6.45, 7) is 0. The van der Waals surface area contributed by atoms with Gasteiger partial charge < -0.3 is 10.7 Å². The number of rotatable bonds is 1. The van der Waals surface area contributed by atoms with E-state index in [2.05, 4.69) is 9.97 Å². The van der Waals surface area contributed by atoms with Gasteiger partial charge in [-0.15, -0.1) is 0 Å². The Bertz CT molecular complexity index is 577. The highest BCUT2D eigenvalue weighted by atomic mass is 16.1. The second kappa shape index (κ2) is 4.00. The minimum absolute atomic E-state index is 0.0338. The van der Waals surface area contributed by atoms with Gasteiger partial charge in [0.15, 0.2) is 0 Å². The average molecular weight is 232 g/mol. The number of nitrogens with one attached hydrogen (secondary N) is 1. The molecule has 1 fully saturated rings. The van der Waals surface area contributed by atoms with E-state index in [1.807, 2.05) is 10.6 Å².